The van der Waals surface area contributed by atoms with Gasteiger partial charge in [0.25, 0.3) is 5.92 Å². The molecule has 6 nitrogen and oxygen atoms in total. The van der Waals surface area contributed by atoms with Crippen molar-refractivity contribution in [1.82, 2.24) is 15.3 Å². The molecule has 0 amide bonds. The van der Waals surface area contributed by atoms with E-state index in [1.165, 1.54) is 12.4 Å². The molecular weight excluding hydrogens is 352 g/mol. The Labute approximate surface area is 148 Å². The molecule has 0 spiro atoms. The molecule has 25 heavy (non-hydrogen) atoms. The maximum atomic E-state index is 13.6. The first-order valence-corrected chi connectivity index (χ1v) is 7.87. The molecule has 2 aromatic heterocycles. The Morgan fingerprint density at radius 1 is 1.40 bits per heavy atom. The normalized spacial score (nSPS) is 13.0. The Bertz CT molecular complexity index is 782. The van der Waals surface area contributed by atoms with E-state index in [0.717, 1.165) is 0 Å². The smallest absolute Gasteiger partial charge is 0.279 e. The summed E-state index contributed by atoms with van der Waals surface area (Å²) in [7, 11) is 0. The lowest BCUT2D eigenvalue weighted by molar-refractivity contribution is 0.0119. The third-order valence-electron chi connectivity index (χ3n) is 3.24. The monoisotopic (exact) mass is 369 g/mol. The molecular formula is C16H18ClF2N5O. The van der Waals surface area contributed by atoms with Gasteiger partial charge in [-0.25, -0.2) is 13.8 Å². The molecule has 0 unspecified atom stereocenters. The van der Waals surface area contributed by atoms with Crippen LogP contribution in [0.25, 0.3) is 16.6 Å². The molecule has 0 atom stereocenters. The third-order valence-corrected chi connectivity index (χ3v) is 3.45. The van der Waals surface area contributed by atoms with Gasteiger partial charge in [-0.15, -0.1) is 0 Å². The van der Waals surface area contributed by atoms with E-state index in [0.29, 0.717) is 27.3 Å². The molecule has 0 fully saturated rings. The summed E-state index contributed by atoms with van der Waals surface area (Å²) in [5.74, 6) is -3.03. The molecule has 0 saturated heterocycles. The second-order valence-electron chi connectivity index (χ2n) is 5.24. The number of nitrogens with two attached hydrogens (primary N) is 1. The summed E-state index contributed by atoms with van der Waals surface area (Å²) in [4.78, 5) is 12.2. The number of halogens is 3. The minimum Gasteiger partial charge on any atom is -0.404 e. The highest BCUT2D eigenvalue weighted by atomic mass is 35.5. The minimum absolute atomic E-state index is 0.103. The topological polar surface area (TPSA) is 96.4 Å². The highest BCUT2D eigenvalue weighted by molar-refractivity contribution is 6.29. The first-order chi connectivity index (χ1) is 11.9. The molecule has 4 N–H and O–H groups in total. The molecule has 2 aromatic rings. The summed E-state index contributed by atoms with van der Waals surface area (Å²) in [6.45, 7) is -1.36. The second-order valence-corrected chi connectivity index (χ2v) is 5.63. The summed E-state index contributed by atoms with van der Waals surface area (Å²) in [6, 6.07) is 5.07. The van der Waals surface area contributed by atoms with Crippen LogP contribution in [0, 0.1) is 0 Å². The molecule has 2 rings (SSSR count). The lowest BCUT2D eigenvalue weighted by atomic mass is 10.1. The zero-order chi connectivity index (χ0) is 18.3. The molecule has 0 aliphatic carbocycles. The van der Waals surface area contributed by atoms with Crippen LogP contribution >= 0.6 is 11.6 Å². The molecule has 0 bridgehead atoms. The van der Waals surface area contributed by atoms with Gasteiger partial charge in [0.1, 0.15) is 11.7 Å². The van der Waals surface area contributed by atoms with Crippen molar-refractivity contribution >= 4 is 34.4 Å². The third kappa shape index (κ3) is 5.70. The van der Waals surface area contributed by atoms with Crippen molar-refractivity contribution in [1.29, 1.82) is 0 Å². The van der Waals surface area contributed by atoms with Gasteiger partial charge in [-0.05, 0) is 18.2 Å². The standard InChI is InChI=1S/C16H18ClF2N5O/c17-15-2-1-13-14(24-15)5-11(8-23-13)12(6-20)7-22-10-16(18,19)9-21-3-4-25/h1-2,5-8,21,25H,3-4,9-10,20H2. The molecule has 0 aromatic carbocycles. The zero-order valence-electron chi connectivity index (χ0n) is 13.3. The number of pyridine rings is 2. The van der Waals surface area contributed by atoms with Gasteiger partial charge in [-0.3, -0.25) is 9.98 Å². The summed E-state index contributed by atoms with van der Waals surface area (Å²) in [5.41, 5.74) is 7.83. The van der Waals surface area contributed by atoms with Gasteiger partial charge in [0.2, 0.25) is 0 Å². The number of aromatic nitrogens is 2. The fraction of sp³-hybridized carbons (Fsp3) is 0.312. The number of hydrogen-bond donors (Lipinski definition) is 3. The number of nitrogens with one attached hydrogen (secondary N) is 1. The molecule has 0 aliphatic heterocycles. The zero-order valence-corrected chi connectivity index (χ0v) is 14.0. The largest absolute Gasteiger partial charge is 0.404 e. The van der Waals surface area contributed by atoms with Gasteiger partial charge in [-0.1, -0.05) is 11.6 Å². The van der Waals surface area contributed by atoms with E-state index in [9.17, 15) is 8.78 Å². The quantitative estimate of drug-likeness (QED) is 0.375. The van der Waals surface area contributed by atoms with Crippen LogP contribution in [0.2, 0.25) is 5.15 Å². The summed E-state index contributed by atoms with van der Waals surface area (Å²) in [6.07, 6.45) is 4.09. The predicted molar refractivity (Wildman–Crippen MR) is 95.0 cm³/mol. The van der Waals surface area contributed by atoms with Crippen LogP contribution in [0.3, 0.4) is 0 Å². The van der Waals surface area contributed by atoms with E-state index in [4.69, 9.17) is 22.4 Å². The van der Waals surface area contributed by atoms with E-state index in [1.807, 2.05) is 0 Å². The van der Waals surface area contributed by atoms with Crippen molar-refractivity contribution < 1.29 is 13.9 Å². The number of nitrogens with zero attached hydrogens (tertiary/aromatic N) is 3. The lowest BCUT2D eigenvalue weighted by Gasteiger charge is -2.14. The van der Waals surface area contributed by atoms with Crippen LogP contribution in [0.5, 0.6) is 0 Å². The minimum atomic E-state index is -3.03. The number of alkyl halides is 2. The Balaban J connectivity index is 2.09. The lowest BCUT2D eigenvalue weighted by Crippen LogP contribution is -2.36. The predicted octanol–water partition coefficient (Wildman–Crippen LogP) is 1.87. The van der Waals surface area contributed by atoms with E-state index >= 15 is 0 Å². The van der Waals surface area contributed by atoms with Crippen molar-refractivity contribution in [3.05, 3.63) is 41.3 Å². The van der Waals surface area contributed by atoms with Gasteiger partial charge in [0.15, 0.2) is 0 Å². The summed E-state index contributed by atoms with van der Waals surface area (Å²) < 4.78 is 27.2. The molecule has 0 saturated carbocycles. The summed E-state index contributed by atoms with van der Waals surface area (Å²) in [5, 5.41) is 11.4. The van der Waals surface area contributed by atoms with Crippen LogP contribution in [0.15, 0.2) is 35.6 Å². The van der Waals surface area contributed by atoms with Crippen molar-refractivity contribution in [3.8, 4) is 0 Å². The Morgan fingerprint density at radius 3 is 2.92 bits per heavy atom. The van der Waals surface area contributed by atoms with E-state index in [-0.39, 0.29) is 13.2 Å². The molecule has 0 aliphatic rings. The number of aliphatic hydroxyl groups excluding tert-OH is 1. The van der Waals surface area contributed by atoms with E-state index in [1.54, 1.807) is 24.4 Å². The number of hydrogen-bond acceptors (Lipinski definition) is 6. The number of fused-ring (bicyclic) bond motifs is 1. The van der Waals surface area contributed by atoms with E-state index < -0.39 is 19.0 Å². The molecule has 2 heterocycles. The maximum absolute atomic E-state index is 13.6. The molecule has 134 valence electrons. The van der Waals surface area contributed by atoms with E-state index in [2.05, 4.69) is 20.3 Å². The summed E-state index contributed by atoms with van der Waals surface area (Å²) >= 11 is 5.86. The first-order valence-electron chi connectivity index (χ1n) is 7.49. The van der Waals surface area contributed by atoms with Crippen molar-refractivity contribution in [2.24, 2.45) is 10.7 Å². The first kappa shape index (κ1) is 19.2. The van der Waals surface area contributed by atoms with Crippen LogP contribution in [0.4, 0.5) is 8.78 Å². The van der Waals surface area contributed by atoms with Gasteiger partial charge in [0.05, 0.1) is 24.2 Å². The van der Waals surface area contributed by atoms with Gasteiger partial charge >= 0.3 is 0 Å². The second kappa shape index (κ2) is 8.80. The highest BCUT2D eigenvalue weighted by Crippen LogP contribution is 2.19. The number of aliphatic imine (C=N–C) groups is 1. The fourth-order valence-electron chi connectivity index (χ4n) is 2.04. The Kier molecular flexibility index (Phi) is 6.74. The van der Waals surface area contributed by atoms with Crippen LogP contribution < -0.4 is 11.1 Å². The number of rotatable bonds is 8. The van der Waals surface area contributed by atoms with Crippen molar-refractivity contribution in [2.45, 2.75) is 5.92 Å². The van der Waals surface area contributed by atoms with Crippen LogP contribution in [-0.2, 0) is 0 Å². The number of allylic oxidation sites excluding steroid dienone is 1. The van der Waals surface area contributed by atoms with Crippen LogP contribution in [0.1, 0.15) is 5.56 Å². The van der Waals surface area contributed by atoms with Gasteiger partial charge < -0.3 is 16.2 Å². The number of aliphatic hydroxyl groups is 1. The average molecular weight is 370 g/mol. The van der Waals surface area contributed by atoms with Crippen molar-refractivity contribution in [3.63, 3.8) is 0 Å². The Hall–Kier alpha value is -2.16. The highest BCUT2D eigenvalue weighted by Gasteiger charge is 2.27. The van der Waals surface area contributed by atoms with Crippen LogP contribution in [-0.4, -0.2) is 53.5 Å². The van der Waals surface area contributed by atoms with Crippen molar-refractivity contribution in [2.75, 3.05) is 26.2 Å². The molecule has 9 heteroatoms. The average Bonchev–Trinajstić information content (AvgIpc) is 2.58. The van der Waals surface area contributed by atoms with Gasteiger partial charge in [0, 0.05) is 36.3 Å². The SMILES string of the molecule is NC=C(C=NCC(F)(F)CNCCO)c1cnc2ccc(Cl)nc2c1. The molecule has 0 radical (unpaired) electrons. The van der Waals surface area contributed by atoms with Gasteiger partial charge in [-0.2, -0.15) is 0 Å². The maximum Gasteiger partial charge on any atom is 0.279 e. The fourth-order valence-corrected chi connectivity index (χ4v) is 2.19. The Morgan fingerprint density at radius 2 is 2.20 bits per heavy atom.